The third-order valence-corrected chi connectivity index (χ3v) is 3.35. The van der Waals surface area contributed by atoms with Crippen molar-refractivity contribution in [3.05, 3.63) is 81.8 Å². The van der Waals surface area contributed by atoms with Crippen molar-refractivity contribution >= 4 is 10.8 Å². The summed E-state index contributed by atoms with van der Waals surface area (Å²) in [6, 6.07) is 19.4. The Bertz CT molecular complexity index is 858. The molecule has 3 aromatic rings. The lowest BCUT2D eigenvalue weighted by Gasteiger charge is -2.07. The fraction of sp³-hybridized carbons (Fsp3) is 0.0588. The van der Waals surface area contributed by atoms with Crippen LogP contribution in [-0.4, -0.2) is 4.98 Å². The van der Waals surface area contributed by atoms with E-state index in [1.54, 1.807) is 0 Å². The summed E-state index contributed by atoms with van der Waals surface area (Å²) in [5.41, 5.74) is 1.82. The number of fused-ring (bicyclic) bond motifs is 1. The maximum Gasteiger partial charge on any atom is 0.266 e. The molecule has 0 amide bonds. The van der Waals surface area contributed by atoms with Gasteiger partial charge >= 0.3 is 0 Å². The van der Waals surface area contributed by atoms with Crippen molar-refractivity contribution in [3.8, 4) is 6.07 Å². The largest absolute Gasteiger partial charge is 0.324 e. The van der Waals surface area contributed by atoms with E-state index < -0.39 is 0 Å². The van der Waals surface area contributed by atoms with Gasteiger partial charge in [-0.05, 0) is 5.56 Å². The van der Waals surface area contributed by atoms with Crippen LogP contribution in [0.2, 0.25) is 0 Å². The molecule has 0 saturated heterocycles. The maximum absolute atomic E-state index is 12.0. The summed E-state index contributed by atoms with van der Waals surface area (Å²) in [6.45, 7) is 0. The minimum Gasteiger partial charge on any atom is -0.324 e. The molecule has 1 N–H and O–H groups in total. The molecule has 0 saturated carbocycles. The number of nitriles is 1. The van der Waals surface area contributed by atoms with Crippen molar-refractivity contribution in [1.29, 1.82) is 5.26 Å². The van der Waals surface area contributed by atoms with Gasteiger partial charge in [-0.25, -0.2) is 0 Å². The average molecular weight is 260 g/mol. The van der Waals surface area contributed by atoms with Crippen molar-refractivity contribution in [3.63, 3.8) is 0 Å². The zero-order valence-corrected chi connectivity index (χ0v) is 10.8. The van der Waals surface area contributed by atoms with Crippen LogP contribution in [0.5, 0.6) is 0 Å². The lowest BCUT2D eigenvalue weighted by Crippen LogP contribution is -2.14. The average Bonchev–Trinajstić information content (AvgIpc) is 2.49. The predicted molar refractivity (Wildman–Crippen MR) is 78.5 cm³/mol. The van der Waals surface area contributed by atoms with Crippen molar-refractivity contribution in [2.45, 2.75) is 6.42 Å². The van der Waals surface area contributed by atoms with E-state index in [-0.39, 0.29) is 11.1 Å². The zero-order chi connectivity index (χ0) is 13.9. The van der Waals surface area contributed by atoms with E-state index in [0.29, 0.717) is 11.8 Å². The van der Waals surface area contributed by atoms with E-state index in [9.17, 15) is 4.79 Å². The van der Waals surface area contributed by atoms with Gasteiger partial charge in [-0.2, -0.15) is 5.26 Å². The van der Waals surface area contributed by atoms with Crippen LogP contribution in [0, 0.1) is 11.3 Å². The number of aromatic amines is 1. The number of pyridine rings is 1. The number of benzene rings is 2. The molecule has 96 valence electrons. The molecule has 0 aliphatic carbocycles. The second-order valence-electron chi connectivity index (χ2n) is 4.63. The number of hydrogen-bond acceptors (Lipinski definition) is 2. The zero-order valence-electron chi connectivity index (χ0n) is 10.8. The van der Waals surface area contributed by atoms with Crippen molar-refractivity contribution < 1.29 is 0 Å². The first kappa shape index (κ1) is 12.2. The van der Waals surface area contributed by atoms with E-state index in [1.165, 1.54) is 0 Å². The molecule has 20 heavy (non-hydrogen) atoms. The summed E-state index contributed by atoms with van der Waals surface area (Å²) in [5.74, 6) is 0. The monoisotopic (exact) mass is 260 g/mol. The molecule has 3 rings (SSSR count). The summed E-state index contributed by atoms with van der Waals surface area (Å²) in [6.07, 6.45) is 0.641. The SMILES string of the molecule is N#Cc1c(=O)[nH]c(Cc2ccccc2)c2ccccc12. The van der Waals surface area contributed by atoms with Gasteiger partial charge in [-0.3, -0.25) is 4.79 Å². The van der Waals surface area contributed by atoms with Crippen LogP contribution in [-0.2, 0) is 6.42 Å². The molecule has 0 aliphatic heterocycles. The van der Waals surface area contributed by atoms with Crippen LogP contribution in [0.1, 0.15) is 16.8 Å². The first-order valence-corrected chi connectivity index (χ1v) is 6.37. The third-order valence-electron chi connectivity index (χ3n) is 3.35. The smallest absolute Gasteiger partial charge is 0.266 e. The van der Waals surface area contributed by atoms with E-state index in [0.717, 1.165) is 16.6 Å². The van der Waals surface area contributed by atoms with Crippen LogP contribution in [0.25, 0.3) is 10.8 Å². The molecule has 2 aromatic carbocycles. The molecule has 0 fully saturated rings. The number of H-pyrrole nitrogens is 1. The standard InChI is InChI=1S/C17H12N2O/c18-11-15-13-8-4-5-9-14(13)16(19-17(15)20)10-12-6-2-1-3-7-12/h1-9H,10H2,(H,19,20). The highest BCUT2D eigenvalue weighted by atomic mass is 16.1. The second kappa shape index (κ2) is 5.02. The van der Waals surface area contributed by atoms with Gasteiger partial charge in [-0.15, -0.1) is 0 Å². The number of nitrogens with one attached hydrogen (secondary N) is 1. The Balaban J connectivity index is 2.22. The van der Waals surface area contributed by atoms with Crippen LogP contribution in [0.15, 0.2) is 59.4 Å². The lowest BCUT2D eigenvalue weighted by molar-refractivity contribution is 1.06. The van der Waals surface area contributed by atoms with Gasteiger partial charge in [0.1, 0.15) is 11.6 Å². The maximum atomic E-state index is 12.0. The lowest BCUT2D eigenvalue weighted by atomic mass is 10.0. The molecule has 0 bridgehead atoms. The number of hydrogen-bond donors (Lipinski definition) is 1. The Morgan fingerprint density at radius 2 is 1.60 bits per heavy atom. The molecule has 0 atom stereocenters. The van der Waals surface area contributed by atoms with E-state index in [2.05, 4.69) is 4.98 Å². The van der Waals surface area contributed by atoms with Crippen LogP contribution < -0.4 is 5.56 Å². The fourth-order valence-corrected chi connectivity index (χ4v) is 2.40. The quantitative estimate of drug-likeness (QED) is 0.770. The minimum absolute atomic E-state index is 0.178. The first-order chi connectivity index (χ1) is 9.79. The van der Waals surface area contributed by atoms with Gasteiger partial charge in [0.05, 0.1) is 0 Å². The normalized spacial score (nSPS) is 10.3. The Morgan fingerprint density at radius 3 is 2.30 bits per heavy atom. The van der Waals surface area contributed by atoms with E-state index in [4.69, 9.17) is 5.26 Å². The van der Waals surface area contributed by atoms with Gasteiger partial charge in [0.15, 0.2) is 0 Å². The summed E-state index contributed by atoms with van der Waals surface area (Å²) < 4.78 is 0. The summed E-state index contributed by atoms with van der Waals surface area (Å²) in [4.78, 5) is 14.8. The topological polar surface area (TPSA) is 56.6 Å². The molecule has 0 unspecified atom stereocenters. The summed E-state index contributed by atoms with van der Waals surface area (Å²) in [5, 5.41) is 10.8. The highest BCUT2D eigenvalue weighted by Gasteiger charge is 2.10. The Morgan fingerprint density at radius 1 is 0.950 bits per heavy atom. The molecule has 3 nitrogen and oxygen atoms in total. The third kappa shape index (κ3) is 2.08. The Labute approximate surface area is 116 Å². The van der Waals surface area contributed by atoms with Crippen molar-refractivity contribution in [2.75, 3.05) is 0 Å². The van der Waals surface area contributed by atoms with E-state index >= 15 is 0 Å². The molecular weight excluding hydrogens is 248 g/mol. The van der Waals surface area contributed by atoms with Crippen LogP contribution in [0.3, 0.4) is 0 Å². The molecule has 0 spiro atoms. The van der Waals surface area contributed by atoms with Crippen molar-refractivity contribution in [2.24, 2.45) is 0 Å². The van der Waals surface area contributed by atoms with Gasteiger partial charge in [0.2, 0.25) is 0 Å². The Kier molecular flexibility index (Phi) is 3.06. The highest BCUT2D eigenvalue weighted by Crippen LogP contribution is 2.20. The molecular formula is C17H12N2O. The van der Waals surface area contributed by atoms with Gasteiger partial charge in [-0.1, -0.05) is 54.6 Å². The van der Waals surface area contributed by atoms with Crippen LogP contribution in [0.4, 0.5) is 0 Å². The Hall–Kier alpha value is -2.86. The van der Waals surface area contributed by atoms with Gasteiger partial charge in [0, 0.05) is 22.9 Å². The molecule has 3 heteroatoms. The number of nitrogens with zero attached hydrogens (tertiary/aromatic N) is 1. The van der Waals surface area contributed by atoms with Crippen LogP contribution >= 0.6 is 0 Å². The minimum atomic E-state index is -0.322. The summed E-state index contributed by atoms with van der Waals surface area (Å²) >= 11 is 0. The molecule has 1 aromatic heterocycles. The number of rotatable bonds is 2. The molecule has 0 aliphatic rings. The molecule has 1 heterocycles. The fourth-order valence-electron chi connectivity index (χ4n) is 2.40. The van der Waals surface area contributed by atoms with Gasteiger partial charge < -0.3 is 4.98 Å². The van der Waals surface area contributed by atoms with Gasteiger partial charge in [0.25, 0.3) is 5.56 Å². The number of aromatic nitrogens is 1. The van der Waals surface area contributed by atoms with Crippen molar-refractivity contribution in [1.82, 2.24) is 4.98 Å². The predicted octanol–water partition coefficient (Wildman–Crippen LogP) is 2.99. The molecule has 0 radical (unpaired) electrons. The van der Waals surface area contributed by atoms with E-state index in [1.807, 2.05) is 60.7 Å². The summed E-state index contributed by atoms with van der Waals surface area (Å²) in [7, 11) is 0. The second-order valence-corrected chi connectivity index (χ2v) is 4.63. The highest BCUT2D eigenvalue weighted by molar-refractivity contribution is 5.89. The first-order valence-electron chi connectivity index (χ1n) is 6.37.